The van der Waals surface area contributed by atoms with E-state index in [9.17, 15) is 4.21 Å². The Morgan fingerprint density at radius 1 is 1.56 bits per heavy atom. The van der Waals surface area contributed by atoms with E-state index in [2.05, 4.69) is 15.4 Å². The average molecular weight is 238 g/mol. The van der Waals surface area contributed by atoms with Crippen LogP contribution in [0.1, 0.15) is 6.92 Å². The Labute approximate surface area is 96.3 Å². The van der Waals surface area contributed by atoms with Gasteiger partial charge in [0.1, 0.15) is 5.82 Å². The molecule has 0 amide bonds. The van der Waals surface area contributed by atoms with Crippen molar-refractivity contribution in [3.63, 3.8) is 0 Å². The van der Waals surface area contributed by atoms with Crippen LogP contribution in [0.2, 0.25) is 0 Å². The largest absolute Gasteiger partial charge is 0.369 e. The molecule has 1 N–H and O–H groups in total. The summed E-state index contributed by atoms with van der Waals surface area (Å²) in [5.74, 6) is 0.783. The van der Waals surface area contributed by atoms with Gasteiger partial charge in [0.15, 0.2) is 5.65 Å². The maximum Gasteiger partial charge on any atom is 0.157 e. The summed E-state index contributed by atoms with van der Waals surface area (Å²) in [5.41, 5.74) is 0.801. The van der Waals surface area contributed by atoms with Crippen molar-refractivity contribution in [2.24, 2.45) is 0 Å². The predicted octanol–water partition coefficient (Wildman–Crippen LogP) is 0.908. The second-order valence-electron chi connectivity index (χ2n) is 3.64. The first-order valence-corrected chi connectivity index (χ1v) is 6.65. The van der Waals surface area contributed by atoms with Crippen LogP contribution in [0, 0.1) is 0 Å². The molecule has 0 saturated carbocycles. The predicted molar refractivity (Wildman–Crippen MR) is 65.0 cm³/mol. The Bertz CT molecular complexity index is 510. The van der Waals surface area contributed by atoms with E-state index in [-0.39, 0.29) is 5.25 Å². The van der Waals surface area contributed by atoms with Crippen molar-refractivity contribution in [2.45, 2.75) is 12.2 Å². The van der Waals surface area contributed by atoms with Crippen molar-refractivity contribution in [2.75, 3.05) is 18.1 Å². The molecule has 2 aromatic rings. The van der Waals surface area contributed by atoms with Gasteiger partial charge in [-0.1, -0.05) is 0 Å². The van der Waals surface area contributed by atoms with Crippen LogP contribution in [0.4, 0.5) is 5.82 Å². The number of hydrogen-bond acceptors (Lipinski definition) is 4. The number of fused-ring (bicyclic) bond motifs is 1. The maximum absolute atomic E-state index is 11.2. The molecule has 0 radical (unpaired) electrons. The molecule has 2 atom stereocenters. The summed E-state index contributed by atoms with van der Waals surface area (Å²) >= 11 is 0. The van der Waals surface area contributed by atoms with Crippen LogP contribution >= 0.6 is 0 Å². The summed E-state index contributed by atoms with van der Waals surface area (Å²) in [4.78, 5) is 4.36. The minimum absolute atomic E-state index is 0.114. The van der Waals surface area contributed by atoms with Gasteiger partial charge < -0.3 is 5.32 Å². The monoisotopic (exact) mass is 238 g/mol. The van der Waals surface area contributed by atoms with Crippen LogP contribution in [-0.2, 0) is 10.8 Å². The number of aromatic nitrogens is 3. The second-order valence-corrected chi connectivity index (χ2v) is 5.44. The van der Waals surface area contributed by atoms with E-state index in [1.807, 2.05) is 25.3 Å². The quantitative estimate of drug-likeness (QED) is 0.860. The van der Waals surface area contributed by atoms with E-state index in [1.165, 1.54) is 0 Å². The first-order valence-electron chi connectivity index (χ1n) is 5.03. The number of hydrogen-bond donors (Lipinski definition) is 1. The maximum atomic E-state index is 11.2. The first kappa shape index (κ1) is 11.1. The third-order valence-corrected chi connectivity index (χ3v) is 3.70. The molecule has 0 aliphatic carbocycles. The normalized spacial score (nSPS) is 14.9. The van der Waals surface area contributed by atoms with E-state index in [0.29, 0.717) is 6.54 Å². The van der Waals surface area contributed by atoms with Crippen LogP contribution < -0.4 is 5.32 Å². The first-order chi connectivity index (χ1) is 7.66. The van der Waals surface area contributed by atoms with Crippen molar-refractivity contribution in [1.29, 1.82) is 0 Å². The molecule has 86 valence electrons. The van der Waals surface area contributed by atoms with Gasteiger partial charge in [-0.2, -0.15) is 5.10 Å². The Kier molecular flexibility index (Phi) is 3.19. The fourth-order valence-corrected chi connectivity index (χ4v) is 1.59. The molecule has 0 aliphatic rings. The van der Waals surface area contributed by atoms with Crippen LogP contribution in [0.25, 0.3) is 5.65 Å². The van der Waals surface area contributed by atoms with Crippen molar-refractivity contribution >= 4 is 22.3 Å². The zero-order valence-corrected chi connectivity index (χ0v) is 10.1. The molecule has 0 aliphatic heterocycles. The highest BCUT2D eigenvalue weighted by Crippen LogP contribution is 2.06. The van der Waals surface area contributed by atoms with Crippen molar-refractivity contribution in [1.82, 2.24) is 14.6 Å². The van der Waals surface area contributed by atoms with Gasteiger partial charge >= 0.3 is 0 Å². The summed E-state index contributed by atoms with van der Waals surface area (Å²) in [5, 5.41) is 7.34. The number of rotatable bonds is 4. The van der Waals surface area contributed by atoms with Crippen LogP contribution in [0.15, 0.2) is 24.5 Å². The Hall–Kier alpha value is -1.43. The number of anilines is 1. The molecule has 5 nitrogen and oxygen atoms in total. The summed E-state index contributed by atoms with van der Waals surface area (Å²) in [7, 11) is -0.811. The van der Waals surface area contributed by atoms with Crippen LogP contribution in [0.5, 0.6) is 0 Å². The van der Waals surface area contributed by atoms with Gasteiger partial charge in [-0.25, -0.2) is 9.50 Å². The molecule has 2 rings (SSSR count). The van der Waals surface area contributed by atoms with Gasteiger partial charge in [0.25, 0.3) is 0 Å². The highest BCUT2D eigenvalue weighted by molar-refractivity contribution is 7.84. The lowest BCUT2D eigenvalue weighted by atomic mass is 10.4. The Morgan fingerprint density at radius 2 is 2.38 bits per heavy atom. The number of nitrogens with zero attached hydrogens (tertiary/aromatic N) is 3. The van der Waals surface area contributed by atoms with Gasteiger partial charge in [-0.3, -0.25) is 4.21 Å². The smallest absolute Gasteiger partial charge is 0.157 e. The minimum Gasteiger partial charge on any atom is -0.369 e. The van der Waals surface area contributed by atoms with Crippen molar-refractivity contribution < 1.29 is 4.21 Å². The Balaban J connectivity index is 2.06. The third-order valence-electron chi connectivity index (χ3n) is 2.40. The zero-order valence-electron chi connectivity index (χ0n) is 9.25. The molecule has 0 aromatic carbocycles. The molecule has 0 bridgehead atoms. The van der Waals surface area contributed by atoms with Crippen LogP contribution in [0.3, 0.4) is 0 Å². The molecule has 2 unspecified atom stereocenters. The van der Waals surface area contributed by atoms with Gasteiger partial charge in [-0.15, -0.1) is 0 Å². The lowest BCUT2D eigenvalue weighted by Crippen LogP contribution is -2.21. The van der Waals surface area contributed by atoms with E-state index in [0.717, 1.165) is 11.5 Å². The summed E-state index contributed by atoms with van der Waals surface area (Å²) < 4.78 is 12.9. The zero-order chi connectivity index (χ0) is 11.5. The minimum atomic E-state index is -0.811. The lowest BCUT2D eigenvalue weighted by molar-refractivity contribution is 0.679. The van der Waals surface area contributed by atoms with E-state index < -0.39 is 10.8 Å². The third kappa shape index (κ3) is 2.38. The van der Waals surface area contributed by atoms with E-state index >= 15 is 0 Å². The van der Waals surface area contributed by atoms with Gasteiger partial charge in [0.2, 0.25) is 0 Å². The topological polar surface area (TPSA) is 59.3 Å². The summed E-state index contributed by atoms with van der Waals surface area (Å²) in [6, 6.07) is 3.69. The average Bonchev–Trinajstić information content (AvgIpc) is 2.72. The Morgan fingerprint density at radius 3 is 3.12 bits per heavy atom. The molecule has 6 heteroatoms. The molecule has 0 fully saturated rings. The van der Waals surface area contributed by atoms with Gasteiger partial charge in [-0.05, 0) is 13.0 Å². The lowest BCUT2D eigenvalue weighted by Gasteiger charge is -2.10. The molecule has 16 heavy (non-hydrogen) atoms. The van der Waals surface area contributed by atoms with Crippen molar-refractivity contribution in [3.8, 4) is 0 Å². The molecular weight excluding hydrogens is 224 g/mol. The van der Waals surface area contributed by atoms with Crippen molar-refractivity contribution in [3.05, 3.63) is 24.5 Å². The second kappa shape index (κ2) is 4.61. The molecule has 0 saturated heterocycles. The van der Waals surface area contributed by atoms with E-state index in [4.69, 9.17) is 0 Å². The standard InChI is InChI=1S/C10H14N4OS/c1-8(16(2)15)7-11-9-4-6-14-10(13-9)3-5-12-14/h3-6,8H,7H2,1-2H3,(H,11,13). The van der Waals surface area contributed by atoms with Gasteiger partial charge in [0, 0.05) is 41.1 Å². The molecule has 0 spiro atoms. The molecular formula is C10H14N4OS. The molecule has 2 heterocycles. The summed E-state index contributed by atoms with van der Waals surface area (Å²) in [6.45, 7) is 2.60. The van der Waals surface area contributed by atoms with E-state index in [1.54, 1.807) is 17.0 Å². The SMILES string of the molecule is CC(CNc1ccn2nccc2n1)S(C)=O. The summed E-state index contributed by atoms with van der Waals surface area (Å²) in [6.07, 6.45) is 5.26. The van der Waals surface area contributed by atoms with Crippen LogP contribution in [-0.4, -0.2) is 36.9 Å². The fraction of sp³-hybridized carbons (Fsp3) is 0.400. The fourth-order valence-electron chi connectivity index (χ4n) is 1.28. The highest BCUT2D eigenvalue weighted by atomic mass is 32.2. The highest BCUT2D eigenvalue weighted by Gasteiger charge is 2.06. The number of nitrogens with one attached hydrogen (secondary N) is 1. The molecule has 2 aromatic heterocycles. The van der Waals surface area contributed by atoms with Gasteiger partial charge in [0.05, 0.1) is 6.20 Å².